The molecule has 0 spiro atoms. The van der Waals surface area contributed by atoms with Gasteiger partial charge in [0.2, 0.25) is 0 Å². The van der Waals surface area contributed by atoms with Crippen molar-refractivity contribution in [3.8, 4) is 11.8 Å². The van der Waals surface area contributed by atoms with Gasteiger partial charge in [0.05, 0.1) is 25.3 Å². The lowest BCUT2D eigenvalue weighted by atomic mass is 10.1. The first-order valence-corrected chi connectivity index (χ1v) is 6.69. The normalized spacial score (nSPS) is 18.2. The lowest BCUT2D eigenvalue weighted by Gasteiger charge is -2.11. The Kier molecular flexibility index (Phi) is 5.20. The minimum absolute atomic E-state index is 0.499. The van der Waals surface area contributed by atoms with E-state index in [2.05, 4.69) is 11.4 Å². The number of nitrogens with one attached hydrogen (secondary N) is 1. The fourth-order valence-electron chi connectivity index (χ4n) is 2.35. The van der Waals surface area contributed by atoms with Crippen LogP contribution < -0.4 is 10.1 Å². The maximum atomic E-state index is 8.90. The summed E-state index contributed by atoms with van der Waals surface area (Å²) in [7, 11) is 1.63. The molecule has 1 aromatic carbocycles. The molecule has 2 rings (SSSR count). The number of hydrogen-bond acceptors (Lipinski definition) is 4. The van der Waals surface area contributed by atoms with Crippen LogP contribution in [0.25, 0.3) is 0 Å². The van der Waals surface area contributed by atoms with Gasteiger partial charge in [0, 0.05) is 12.2 Å². The molecule has 1 saturated heterocycles. The molecule has 1 fully saturated rings. The van der Waals surface area contributed by atoms with Crippen molar-refractivity contribution in [3.05, 3.63) is 29.3 Å². The summed E-state index contributed by atoms with van der Waals surface area (Å²) in [6.45, 7) is 3.49. The van der Waals surface area contributed by atoms with Gasteiger partial charge in [-0.3, -0.25) is 0 Å². The molecule has 1 atom stereocenters. The van der Waals surface area contributed by atoms with Crippen LogP contribution in [0, 0.1) is 17.2 Å². The zero-order valence-corrected chi connectivity index (χ0v) is 11.3. The minimum atomic E-state index is 0.499. The molecule has 0 aromatic heterocycles. The standard InChI is InChI=1S/C15H20N2O2/c1-18-15-3-2-13(9-16)8-14(15)11-19-7-5-12-4-6-17-10-12/h2-3,8,12,17H,4-7,10-11H2,1H3. The predicted octanol–water partition coefficient (Wildman–Crippen LogP) is 2.08. The molecule has 1 heterocycles. The van der Waals surface area contributed by atoms with Crippen LogP contribution in [-0.2, 0) is 11.3 Å². The van der Waals surface area contributed by atoms with Crippen molar-refractivity contribution >= 4 is 0 Å². The molecular weight excluding hydrogens is 240 g/mol. The van der Waals surface area contributed by atoms with E-state index in [1.165, 1.54) is 6.42 Å². The van der Waals surface area contributed by atoms with Gasteiger partial charge in [0.1, 0.15) is 5.75 Å². The van der Waals surface area contributed by atoms with E-state index in [9.17, 15) is 0 Å². The second-order valence-electron chi connectivity index (χ2n) is 4.84. The van der Waals surface area contributed by atoms with Crippen LogP contribution in [0.15, 0.2) is 18.2 Å². The molecular formula is C15H20N2O2. The topological polar surface area (TPSA) is 54.3 Å². The SMILES string of the molecule is COc1ccc(C#N)cc1COCCC1CCNC1. The second kappa shape index (κ2) is 7.13. The number of nitriles is 1. The van der Waals surface area contributed by atoms with Gasteiger partial charge in [-0.25, -0.2) is 0 Å². The van der Waals surface area contributed by atoms with E-state index in [-0.39, 0.29) is 0 Å². The van der Waals surface area contributed by atoms with E-state index in [0.717, 1.165) is 43.3 Å². The molecule has 0 radical (unpaired) electrons. The summed E-state index contributed by atoms with van der Waals surface area (Å²) < 4.78 is 11.0. The van der Waals surface area contributed by atoms with Gasteiger partial charge in [-0.05, 0) is 50.0 Å². The van der Waals surface area contributed by atoms with Gasteiger partial charge in [0.15, 0.2) is 0 Å². The van der Waals surface area contributed by atoms with Crippen molar-refractivity contribution in [1.82, 2.24) is 5.32 Å². The van der Waals surface area contributed by atoms with Crippen molar-refractivity contribution in [3.63, 3.8) is 0 Å². The van der Waals surface area contributed by atoms with Crippen LogP contribution in [0.2, 0.25) is 0 Å². The van der Waals surface area contributed by atoms with Gasteiger partial charge in [-0.1, -0.05) is 0 Å². The summed E-state index contributed by atoms with van der Waals surface area (Å²) in [5.74, 6) is 1.52. The summed E-state index contributed by atoms with van der Waals surface area (Å²) in [6.07, 6.45) is 2.34. The molecule has 1 N–H and O–H groups in total. The van der Waals surface area contributed by atoms with Crippen molar-refractivity contribution in [1.29, 1.82) is 5.26 Å². The quantitative estimate of drug-likeness (QED) is 0.796. The van der Waals surface area contributed by atoms with Gasteiger partial charge in [-0.2, -0.15) is 5.26 Å². The third kappa shape index (κ3) is 3.95. The van der Waals surface area contributed by atoms with E-state index in [0.29, 0.717) is 12.2 Å². The molecule has 0 saturated carbocycles. The molecule has 4 heteroatoms. The molecule has 0 bridgehead atoms. The Hall–Kier alpha value is -1.57. The smallest absolute Gasteiger partial charge is 0.124 e. The van der Waals surface area contributed by atoms with E-state index in [4.69, 9.17) is 14.7 Å². The van der Waals surface area contributed by atoms with Crippen molar-refractivity contribution in [2.24, 2.45) is 5.92 Å². The highest BCUT2D eigenvalue weighted by Gasteiger charge is 2.13. The maximum Gasteiger partial charge on any atom is 0.124 e. The minimum Gasteiger partial charge on any atom is -0.496 e. The van der Waals surface area contributed by atoms with Gasteiger partial charge < -0.3 is 14.8 Å². The van der Waals surface area contributed by atoms with E-state index in [1.807, 2.05) is 12.1 Å². The molecule has 4 nitrogen and oxygen atoms in total. The Bertz CT molecular complexity index is 448. The third-order valence-electron chi connectivity index (χ3n) is 3.50. The zero-order chi connectivity index (χ0) is 13.5. The first kappa shape index (κ1) is 13.9. The highest BCUT2D eigenvalue weighted by Crippen LogP contribution is 2.21. The van der Waals surface area contributed by atoms with Crippen LogP contribution in [0.4, 0.5) is 0 Å². The number of rotatable bonds is 6. The summed E-state index contributed by atoms with van der Waals surface area (Å²) in [5, 5.41) is 12.3. The highest BCUT2D eigenvalue weighted by atomic mass is 16.5. The maximum absolute atomic E-state index is 8.90. The largest absolute Gasteiger partial charge is 0.496 e. The summed E-state index contributed by atoms with van der Waals surface area (Å²) in [6, 6.07) is 7.54. The van der Waals surface area contributed by atoms with Crippen molar-refractivity contribution < 1.29 is 9.47 Å². The lowest BCUT2D eigenvalue weighted by molar-refractivity contribution is 0.107. The fourth-order valence-corrected chi connectivity index (χ4v) is 2.35. The highest BCUT2D eigenvalue weighted by molar-refractivity contribution is 5.41. The molecule has 102 valence electrons. The van der Waals surface area contributed by atoms with Gasteiger partial charge in [0.25, 0.3) is 0 Å². The van der Waals surface area contributed by atoms with E-state index >= 15 is 0 Å². The Labute approximate surface area is 114 Å². The Morgan fingerprint density at radius 1 is 1.47 bits per heavy atom. The molecule has 1 aromatic rings. The summed E-state index contributed by atoms with van der Waals surface area (Å²) >= 11 is 0. The van der Waals surface area contributed by atoms with Crippen LogP contribution in [-0.4, -0.2) is 26.8 Å². The fraction of sp³-hybridized carbons (Fsp3) is 0.533. The van der Waals surface area contributed by atoms with Crippen LogP contribution in [0.5, 0.6) is 5.75 Å². The number of hydrogen-bond donors (Lipinski definition) is 1. The number of methoxy groups -OCH3 is 1. The molecule has 1 aliphatic rings. The summed E-state index contributed by atoms with van der Waals surface area (Å²) in [5.41, 5.74) is 1.57. The molecule has 0 amide bonds. The van der Waals surface area contributed by atoms with Gasteiger partial charge >= 0.3 is 0 Å². The zero-order valence-electron chi connectivity index (χ0n) is 11.3. The molecule has 1 unspecified atom stereocenters. The lowest BCUT2D eigenvalue weighted by Crippen LogP contribution is -2.10. The van der Waals surface area contributed by atoms with Crippen molar-refractivity contribution in [2.75, 3.05) is 26.8 Å². The van der Waals surface area contributed by atoms with Crippen molar-refractivity contribution in [2.45, 2.75) is 19.4 Å². The Balaban J connectivity index is 1.82. The van der Waals surface area contributed by atoms with Crippen LogP contribution >= 0.6 is 0 Å². The third-order valence-corrected chi connectivity index (χ3v) is 3.50. The Morgan fingerprint density at radius 3 is 3.05 bits per heavy atom. The predicted molar refractivity (Wildman–Crippen MR) is 73.0 cm³/mol. The van der Waals surface area contributed by atoms with Crippen LogP contribution in [0.1, 0.15) is 24.0 Å². The first-order valence-electron chi connectivity index (χ1n) is 6.69. The number of nitrogens with zero attached hydrogens (tertiary/aromatic N) is 1. The molecule has 1 aliphatic heterocycles. The number of ether oxygens (including phenoxy) is 2. The number of benzene rings is 1. The summed E-state index contributed by atoms with van der Waals surface area (Å²) in [4.78, 5) is 0. The van der Waals surface area contributed by atoms with E-state index in [1.54, 1.807) is 13.2 Å². The average Bonchev–Trinajstić information content (AvgIpc) is 2.96. The molecule has 19 heavy (non-hydrogen) atoms. The average molecular weight is 260 g/mol. The van der Waals surface area contributed by atoms with Crippen LogP contribution in [0.3, 0.4) is 0 Å². The second-order valence-corrected chi connectivity index (χ2v) is 4.84. The van der Waals surface area contributed by atoms with Gasteiger partial charge in [-0.15, -0.1) is 0 Å². The van der Waals surface area contributed by atoms with E-state index < -0.39 is 0 Å². The molecule has 0 aliphatic carbocycles. The first-order chi connectivity index (χ1) is 9.33. The monoisotopic (exact) mass is 260 g/mol. The Morgan fingerprint density at radius 2 is 2.37 bits per heavy atom.